The van der Waals surface area contributed by atoms with Gasteiger partial charge in [0.1, 0.15) is 6.26 Å². The van der Waals surface area contributed by atoms with Gasteiger partial charge in [-0.15, -0.1) is 11.8 Å². The molecule has 1 amide bonds. The van der Waals surface area contributed by atoms with Crippen LogP contribution in [0, 0.1) is 0 Å². The molecule has 1 aromatic heterocycles. The number of nitrogens with zero attached hydrogens (tertiary/aromatic N) is 2. The predicted octanol–water partition coefficient (Wildman–Crippen LogP) is 3.44. The molecular weight excluding hydrogens is 284 g/mol. The number of thioether (sulfide) groups is 1. The Morgan fingerprint density at radius 2 is 1.95 bits per heavy atom. The fourth-order valence-corrected chi connectivity index (χ4v) is 2.80. The van der Waals surface area contributed by atoms with Crippen LogP contribution < -0.4 is 0 Å². The van der Waals surface area contributed by atoms with Gasteiger partial charge in [0.05, 0.1) is 11.4 Å². The highest BCUT2D eigenvalue weighted by atomic mass is 32.2. The van der Waals surface area contributed by atoms with Gasteiger partial charge in [-0.25, -0.2) is 4.98 Å². The topological polar surface area (TPSA) is 46.3 Å². The molecule has 1 aromatic carbocycles. The molecule has 2 rings (SSSR count). The number of rotatable bonds is 7. The molecule has 2 aromatic rings. The van der Waals surface area contributed by atoms with Crippen LogP contribution in [0.4, 0.5) is 0 Å². The Labute approximate surface area is 129 Å². The highest BCUT2D eigenvalue weighted by Crippen LogP contribution is 2.20. The van der Waals surface area contributed by atoms with E-state index in [1.165, 1.54) is 0 Å². The summed E-state index contributed by atoms with van der Waals surface area (Å²) in [5, 5.41) is 0. The van der Waals surface area contributed by atoms with Gasteiger partial charge in [-0.2, -0.15) is 0 Å². The zero-order chi connectivity index (χ0) is 15.1. The Balaban J connectivity index is 1.85. The Bertz CT molecular complexity index is 565. The number of hydrogen-bond acceptors (Lipinski definition) is 4. The molecule has 4 nitrogen and oxygen atoms in total. The minimum atomic E-state index is 0.178. The number of amides is 1. The Morgan fingerprint density at radius 1 is 1.24 bits per heavy atom. The minimum absolute atomic E-state index is 0.178. The molecule has 0 atom stereocenters. The summed E-state index contributed by atoms with van der Waals surface area (Å²) in [6.07, 6.45) is 1.66. The fourth-order valence-electron chi connectivity index (χ4n) is 2.00. The molecule has 0 spiro atoms. The fraction of sp³-hybridized carbons (Fsp3) is 0.375. The van der Waals surface area contributed by atoms with Gasteiger partial charge in [0.25, 0.3) is 0 Å². The number of carbonyl (C=O) groups is 1. The van der Waals surface area contributed by atoms with Gasteiger partial charge in [0.2, 0.25) is 11.8 Å². The molecule has 0 aliphatic carbocycles. The van der Waals surface area contributed by atoms with Crippen LogP contribution in [0.5, 0.6) is 0 Å². The van der Waals surface area contributed by atoms with E-state index in [1.54, 1.807) is 18.0 Å². The lowest BCUT2D eigenvalue weighted by Crippen LogP contribution is -2.31. The first-order valence-electron chi connectivity index (χ1n) is 7.10. The highest BCUT2D eigenvalue weighted by molar-refractivity contribution is 7.99. The van der Waals surface area contributed by atoms with Gasteiger partial charge in [0.15, 0.2) is 0 Å². The van der Waals surface area contributed by atoms with Crippen LogP contribution in [0.15, 0.2) is 41.0 Å². The van der Waals surface area contributed by atoms with E-state index < -0.39 is 0 Å². The summed E-state index contributed by atoms with van der Waals surface area (Å²) in [7, 11) is 0. The second-order valence-electron chi connectivity index (χ2n) is 4.57. The summed E-state index contributed by atoms with van der Waals surface area (Å²) in [4.78, 5) is 18.2. The molecule has 0 bridgehead atoms. The number of aromatic nitrogens is 1. The van der Waals surface area contributed by atoms with Crippen molar-refractivity contribution in [2.45, 2.75) is 19.6 Å². The van der Waals surface area contributed by atoms with Gasteiger partial charge in [0, 0.05) is 24.4 Å². The largest absolute Gasteiger partial charge is 0.444 e. The second kappa shape index (κ2) is 7.88. The van der Waals surface area contributed by atoms with Crippen molar-refractivity contribution in [1.29, 1.82) is 0 Å². The van der Waals surface area contributed by atoms with E-state index in [0.29, 0.717) is 17.4 Å². The first-order chi connectivity index (χ1) is 10.2. The van der Waals surface area contributed by atoms with Crippen molar-refractivity contribution < 1.29 is 9.21 Å². The molecule has 0 unspecified atom stereocenters. The Hall–Kier alpha value is -1.75. The third-order valence-corrected chi connectivity index (χ3v) is 4.12. The van der Waals surface area contributed by atoms with E-state index in [4.69, 9.17) is 4.42 Å². The molecule has 112 valence electrons. The third-order valence-electron chi connectivity index (χ3n) is 3.16. The van der Waals surface area contributed by atoms with E-state index in [-0.39, 0.29) is 5.91 Å². The lowest BCUT2D eigenvalue weighted by atomic mass is 10.2. The average molecular weight is 304 g/mol. The second-order valence-corrected chi connectivity index (χ2v) is 5.55. The molecule has 0 saturated carbocycles. The number of carbonyl (C=O) groups excluding carboxylic acids is 1. The van der Waals surface area contributed by atoms with Crippen LogP contribution in [-0.4, -0.2) is 34.6 Å². The van der Waals surface area contributed by atoms with Crippen molar-refractivity contribution in [3.8, 4) is 11.5 Å². The monoisotopic (exact) mass is 304 g/mol. The van der Waals surface area contributed by atoms with Gasteiger partial charge in [-0.3, -0.25) is 4.79 Å². The van der Waals surface area contributed by atoms with Crippen LogP contribution in [0.25, 0.3) is 11.5 Å². The molecular formula is C16H20N2O2S. The molecule has 0 aliphatic rings. The van der Waals surface area contributed by atoms with Gasteiger partial charge in [-0.1, -0.05) is 18.2 Å². The third kappa shape index (κ3) is 4.36. The van der Waals surface area contributed by atoms with E-state index in [2.05, 4.69) is 4.98 Å². The molecule has 5 heteroatoms. The van der Waals surface area contributed by atoms with E-state index in [9.17, 15) is 4.79 Å². The predicted molar refractivity (Wildman–Crippen MR) is 86.0 cm³/mol. The highest BCUT2D eigenvalue weighted by Gasteiger charge is 2.11. The lowest BCUT2D eigenvalue weighted by Gasteiger charge is -2.17. The molecule has 0 fully saturated rings. The Morgan fingerprint density at radius 3 is 2.62 bits per heavy atom. The summed E-state index contributed by atoms with van der Waals surface area (Å²) in [6, 6.07) is 9.80. The number of hydrogen-bond donors (Lipinski definition) is 0. The maximum absolute atomic E-state index is 11.9. The molecule has 0 saturated heterocycles. The van der Waals surface area contributed by atoms with Gasteiger partial charge >= 0.3 is 0 Å². The molecule has 0 radical (unpaired) electrons. The van der Waals surface area contributed by atoms with Crippen LogP contribution >= 0.6 is 11.8 Å². The first-order valence-corrected chi connectivity index (χ1v) is 8.25. The van der Waals surface area contributed by atoms with E-state index in [1.807, 2.05) is 49.1 Å². The number of oxazole rings is 1. The van der Waals surface area contributed by atoms with Crippen LogP contribution in [0.2, 0.25) is 0 Å². The normalized spacial score (nSPS) is 10.6. The molecule has 1 heterocycles. The molecule has 0 aliphatic heterocycles. The van der Waals surface area contributed by atoms with Gasteiger partial charge in [-0.05, 0) is 26.0 Å². The van der Waals surface area contributed by atoms with Crippen molar-refractivity contribution in [3.63, 3.8) is 0 Å². The lowest BCUT2D eigenvalue weighted by molar-refractivity contribution is -0.127. The van der Waals surface area contributed by atoms with Crippen LogP contribution in [0.1, 0.15) is 19.5 Å². The van der Waals surface area contributed by atoms with Crippen molar-refractivity contribution in [2.75, 3.05) is 18.8 Å². The van der Waals surface area contributed by atoms with E-state index >= 15 is 0 Å². The van der Waals surface area contributed by atoms with Gasteiger partial charge < -0.3 is 9.32 Å². The van der Waals surface area contributed by atoms with Crippen LogP contribution in [0.3, 0.4) is 0 Å². The smallest absolute Gasteiger partial charge is 0.232 e. The quantitative estimate of drug-likeness (QED) is 0.786. The number of benzene rings is 1. The summed E-state index contributed by atoms with van der Waals surface area (Å²) < 4.78 is 5.48. The minimum Gasteiger partial charge on any atom is -0.444 e. The van der Waals surface area contributed by atoms with Crippen molar-refractivity contribution in [3.05, 3.63) is 42.3 Å². The van der Waals surface area contributed by atoms with E-state index in [0.717, 1.165) is 24.3 Å². The summed E-state index contributed by atoms with van der Waals surface area (Å²) in [6.45, 7) is 5.52. The zero-order valence-electron chi connectivity index (χ0n) is 12.4. The molecule has 0 N–H and O–H groups in total. The molecule has 21 heavy (non-hydrogen) atoms. The summed E-state index contributed by atoms with van der Waals surface area (Å²) in [5.41, 5.74) is 1.83. The average Bonchev–Trinajstić information content (AvgIpc) is 2.98. The standard InChI is InChI=1S/C16H20N2O2S/c1-3-18(4-2)15(19)12-21-11-14-10-20-16(17-14)13-8-6-5-7-9-13/h5-10H,3-4,11-12H2,1-2H3. The maximum atomic E-state index is 11.9. The van der Waals surface area contributed by atoms with Crippen molar-refractivity contribution >= 4 is 17.7 Å². The Kier molecular flexibility index (Phi) is 5.87. The maximum Gasteiger partial charge on any atom is 0.232 e. The SMILES string of the molecule is CCN(CC)C(=O)CSCc1coc(-c2ccccc2)n1. The van der Waals surface area contributed by atoms with Crippen LogP contribution in [-0.2, 0) is 10.5 Å². The first kappa shape index (κ1) is 15.6. The van der Waals surface area contributed by atoms with Crippen molar-refractivity contribution in [1.82, 2.24) is 9.88 Å². The summed E-state index contributed by atoms with van der Waals surface area (Å²) in [5.74, 6) is 1.97. The van der Waals surface area contributed by atoms with Crippen molar-refractivity contribution in [2.24, 2.45) is 0 Å². The zero-order valence-corrected chi connectivity index (χ0v) is 13.2. The summed E-state index contributed by atoms with van der Waals surface area (Å²) >= 11 is 1.57.